The highest BCUT2D eigenvalue weighted by molar-refractivity contribution is 6.32. The van der Waals surface area contributed by atoms with Crippen LogP contribution in [-0.4, -0.2) is 17.1 Å². The summed E-state index contributed by atoms with van der Waals surface area (Å²) in [7, 11) is 1.57. The molecule has 3 N–H and O–H groups in total. The molecule has 5 nitrogen and oxygen atoms in total. The van der Waals surface area contributed by atoms with Gasteiger partial charge >= 0.3 is 0 Å². The van der Waals surface area contributed by atoms with Crippen molar-refractivity contribution in [2.24, 2.45) is 5.84 Å². The molecule has 1 aromatic heterocycles. The lowest BCUT2D eigenvalue weighted by atomic mass is 10.1. The average Bonchev–Trinajstić information content (AvgIpc) is 2.41. The second-order valence-corrected chi connectivity index (χ2v) is 4.51. The van der Waals surface area contributed by atoms with Crippen molar-refractivity contribution in [3.63, 3.8) is 0 Å². The minimum Gasteiger partial charge on any atom is -0.495 e. The minimum atomic E-state index is 0.518. The summed E-state index contributed by atoms with van der Waals surface area (Å²) >= 11 is 6.10. The molecule has 1 aromatic carbocycles. The van der Waals surface area contributed by atoms with Crippen LogP contribution in [0.1, 0.15) is 11.3 Å². The molecule has 6 heteroatoms. The van der Waals surface area contributed by atoms with Crippen LogP contribution in [-0.2, 0) is 0 Å². The first kappa shape index (κ1) is 13.6. The first-order valence-electron chi connectivity index (χ1n) is 5.72. The Balaban J connectivity index is 2.53. The summed E-state index contributed by atoms with van der Waals surface area (Å²) in [5.41, 5.74) is 5.17. The van der Waals surface area contributed by atoms with Crippen LogP contribution in [0.2, 0.25) is 5.02 Å². The van der Waals surface area contributed by atoms with Crippen LogP contribution in [0.25, 0.3) is 11.4 Å². The van der Waals surface area contributed by atoms with Crippen LogP contribution in [0, 0.1) is 13.8 Å². The van der Waals surface area contributed by atoms with E-state index < -0.39 is 0 Å². The molecule has 0 unspecified atom stereocenters. The van der Waals surface area contributed by atoms with Gasteiger partial charge in [-0.25, -0.2) is 15.8 Å². The number of nitrogens with one attached hydrogen (secondary N) is 1. The molecule has 0 bridgehead atoms. The topological polar surface area (TPSA) is 73.1 Å². The van der Waals surface area contributed by atoms with Gasteiger partial charge in [0.2, 0.25) is 0 Å². The quantitative estimate of drug-likeness (QED) is 0.667. The van der Waals surface area contributed by atoms with Crippen molar-refractivity contribution in [1.29, 1.82) is 0 Å². The Morgan fingerprint density at radius 3 is 2.58 bits per heavy atom. The molecule has 0 spiro atoms. The maximum Gasteiger partial charge on any atom is 0.161 e. The lowest BCUT2D eigenvalue weighted by Gasteiger charge is -2.10. The zero-order chi connectivity index (χ0) is 14.0. The van der Waals surface area contributed by atoms with E-state index in [-0.39, 0.29) is 0 Å². The smallest absolute Gasteiger partial charge is 0.161 e. The van der Waals surface area contributed by atoms with E-state index in [2.05, 4.69) is 15.4 Å². The molecule has 0 saturated carbocycles. The van der Waals surface area contributed by atoms with E-state index in [0.717, 1.165) is 16.8 Å². The fourth-order valence-corrected chi connectivity index (χ4v) is 1.96. The Hall–Kier alpha value is -1.85. The number of benzene rings is 1. The molecular formula is C13H15ClN4O. The van der Waals surface area contributed by atoms with Crippen molar-refractivity contribution in [2.45, 2.75) is 13.8 Å². The molecule has 0 atom stereocenters. The number of nitrogens with zero attached hydrogens (tertiary/aromatic N) is 2. The third kappa shape index (κ3) is 2.62. The number of hydrazine groups is 1. The van der Waals surface area contributed by atoms with E-state index in [9.17, 15) is 0 Å². The summed E-state index contributed by atoms with van der Waals surface area (Å²) in [6.07, 6.45) is 0. The zero-order valence-corrected chi connectivity index (χ0v) is 11.7. The predicted octanol–water partition coefficient (Wildman–Crippen LogP) is 2.71. The molecule has 0 aliphatic carbocycles. The number of hydrogen-bond acceptors (Lipinski definition) is 5. The molecule has 2 aromatic rings. The first-order valence-corrected chi connectivity index (χ1v) is 6.10. The third-order valence-electron chi connectivity index (χ3n) is 2.94. The summed E-state index contributed by atoms with van der Waals surface area (Å²) in [6.45, 7) is 3.82. The molecule has 0 radical (unpaired) electrons. The van der Waals surface area contributed by atoms with Crippen LogP contribution in [0.5, 0.6) is 5.75 Å². The number of halogens is 1. The van der Waals surface area contributed by atoms with Gasteiger partial charge in [0.15, 0.2) is 5.82 Å². The van der Waals surface area contributed by atoms with Crippen molar-refractivity contribution in [3.05, 3.63) is 34.5 Å². The molecular weight excluding hydrogens is 264 g/mol. The van der Waals surface area contributed by atoms with E-state index >= 15 is 0 Å². The standard InChI is InChI=1S/C13H15ClN4O/c1-7-8(2)16-13(17-12(7)18-15)9-4-5-11(19-3)10(14)6-9/h4-6H,15H2,1-3H3,(H,16,17,18). The van der Waals surface area contributed by atoms with Gasteiger partial charge in [-0.3, -0.25) is 0 Å². The van der Waals surface area contributed by atoms with E-state index in [1.54, 1.807) is 19.2 Å². The first-order chi connectivity index (χ1) is 9.06. The van der Waals surface area contributed by atoms with E-state index in [1.165, 1.54) is 0 Å². The number of nitrogens with two attached hydrogens (primary N) is 1. The van der Waals surface area contributed by atoms with Crippen LogP contribution in [0.3, 0.4) is 0 Å². The van der Waals surface area contributed by atoms with Crippen molar-refractivity contribution in [1.82, 2.24) is 9.97 Å². The van der Waals surface area contributed by atoms with Crippen LogP contribution >= 0.6 is 11.6 Å². The Labute approximate surface area is 116 Å². The lowest BCUT2D eigenvalue weighted by Crippen LogP contribution is -2.12. The van der Waals surface area contributed by atoms with Crippen molar-refractivity contribution in [3.8, 4) is 17.1 Å². The molecule has 19 heavy (non-hydrogen) atoms. The van der Waals surface area contributed by atoms with Gasteiger partial charge in [-0.15, -0.1) is 0 Å². The second kappa shape index (κ2) is 5.42. The molecule has 0 amide bonds. The highest BCUT2D eigenvalue weighted by Gasteiger charge is 2.10. The van der Waals surface area contributed by atoms with E-state index in [0.29, 0.717) is 22.4 Å². The number of rotatable bonds is 3. The highest BCUT2D eigenvalue weighted by Crippen LogP contribution is 2.29. The van der Waals surface area contributed by atoms with Crippen LogP contribution in [0.4, 0.5) is 5.82 Å². The number of aromatic nitrogens is 2. The van der Waals surface area contributed by atoms with Crippen LogP contribution in [0.15, 0.2) is 18.2 Å². The second-order valence-electron chi connectivity index (χ2n) is 4.10. The van der Waals surface area contributed by atoms with Gasteiger partial charge in [0.1, 0.15) is 11.6 Å². The Morgan fingerprint density at radius 1 is 1.26 bits per heavy atom. The van der Waals surface area contributed by atoms with Gasteiger partial charge in [-0.1, -0.05) is 11.6 Å². The van der Waals surface area contributed by atoms with Crippen molar-refractivity contribution >= 4 is 17.4 Å². The molecule has 0 aliphatic rings. The van der Waals surface area contributed by atoms with Gasteiger partial charge in [-0.2, -0.15) is 0 Å². The van der Waals surface area contributed by atoms with Gasteiger partial charge in [0, 0.05) is 16.8 Å². The summed E-state index contributed by atoms with van der Waals surface area (Å²) in [5, 5.41) is 0.518. The largest absolute Gasteiger partial charge is 0.495 e. The highest BCUT2D eigenvalue weighted by atomic mass is 35.5. The van der Waals surface area contributed by atoms with E-state index in [1.807, 2.05) is 19.9 Å². The number of ether oxygens (including phenoxy) is 1. The molecule has 0 fully saturated rings. The predicted molar refractivity (Wildman–Crippen MR) is 76.3 cm³/mol. The van der Waals surface area contributed by atoms with Gasteiger partial charge in [-0.05, 0) is 32.0 Å². The fourth-order valence-electron chi connectivity index (χ4n) is 1.70. The number of methoxy groups -OCH3 is 1. The number of anilines is 1. The van der Waals surface area contributed by atoms with Crippen molar-refractivity contribution in [2.75, 3.05) is 12.5 Å². The summed E-state index contributed by atoms with van der Waals surface area (Å²) in [4.78, 5) is 8.81. The Morgan fingerprint density at radius 2 is 2.00 bits per heavy atom. The zero-order valence-electron chi connectivity index (χ0n) is 11.0. The summed E-state index contributed by atoms with van der Waals surface area (Å²) in [5.74, 6) is 7.25. The number of aryl methyl sites for hydroxylation is 1. The van der Waals surface area contributed by atoms with Crippen molar-refractivity contribution < 1.29 is 4.74 Å². The molecule has 2 rings (SSSR count). The average molecular weight is 279 g/mol. The van der Waals surface area contributed by atoms with E-state index in [4.69, 9.17) is 22.2 Å². The molecule has 0 aliphatic heterocycles. The molecule has 0 saturated heterocycles. The van der Waals surface area contributed by atoms with Crippen LogP contribution < -0.4 is 16.0 Å². The molecule has 1 heterocycles. The Bertz CT molecular complexity index is 616. The van der Waals surface area contributed by atoms with Gasteiger partial charge in [0.05, 0.1) is 12.1 Å². The number of hydrogen-bond donors (Lipinski definition) is 2. The third-order valence-corrected chi connectivity index (χ3v) is 3.23. The lowest BCUT2D eigenvalue weighted by molar-refractivity contribution is 0.415. The SMILES string of the molecule is COc1ccc(-c2nc(C)c(C)c(NN)n2)cc1Cl. The maximum absolute atomic E-state index is 6.10. The monoisotopic (exact) mass is 278 g/mol. The Kier molecular flexibility index (Phi) is 3.87. The van der Waals surface area contributed by atoms with Gasteiger partial charge in [0.25, 0.3) is 0 Å². The minimum absolute atomic E-state index is 0.518. The van der Waals surface area contributed by atoms with Gasteiger partial charge < -0.3 is 10.2 Å². The number of nitrogen functional groups attached to an aromatic ring is 1. The summed E-state index contributed by atoms with van der Waals surface area (Å²) < 4.78 is 5.12. The maximum atomic E-state index is 6.10. The molecule has 100 valence electrons. The fraction of sp³-hybridized carbons (Fsp3) is 0.231. The summed E-state index contributed by atoms with van der Waals surface area (Å²) in [6, 6.07) is 5.41. The normalized spacial score (nSPS) is 10.4.